The molecule has 0 bridgehead atoms. The molecule has 0 unspecified atom stereocenters. The maximum Gasteiger partial charge on any atom is 0.411 e. The SMILES string of the molecule is CCc1cccc(-c2ccc(C)cc2NC(=O)O[C@@H]2C[C@H]3C(=O)N[C@]4(C(=O)NS(=O)(=O)C5CC5)C[C@H]4C=CCCCCN(C)C(=O)[C@@H]3C2)n1. The number of carbonyl (C=O) groups is 4. The van der Waals surface area contributed by atoms with E-state index in [-0.39, 0.29) is 31.1 Å². The number of hydrogen-bond acceptors (Lipinski definition) is 8. The van der Waals surface area contributed by atoms with E-state index in [9.17, 15) is 27.6 Å². The quantitative estimate of drug-likeness (QED) is 0.363. The Labute approximate surface area is 287 Å². The van der Waals surface area contributed by atoms with Gasteiger partial charge in [0.2, 0.25) is 21.8 Å². The number of fused-ring (bicyclic) bond motifs is 2. The lowest BCUT2D eigenvalue weighted by molar-refractivity contribution is -0.140. The van der Waals surface area contributed by atoms with Crippen LogP contribution in [0.15, 0.2) is 48.6 Å². The van der Waals surface area contributed by atoms with Gasteiger partial charge < -0.3 is 15.0 Å². The van der Waals surface area contributed by atoms with Crippen molar-refractivity contribution in [1.82, 2.24) is 19.9 Å². The Morgan fingerprint density at radius 2 is 1.88 bits per heavy atom. The van der Waals surface area contributed by atoms with Crippen LogP contribution in [0, 0.1) is 24.7 Å². The first-order chi connectivity index (χ1) is 23.4. The van der Waals surface area contributed by atoms with Crippen molar-refractivity contribution in [2.45, 2.75) is 88.5 Å². The largest absolute Gasteiger partial charge is 0.446 e. The number of aryl methyl sites for hydroxylation is 2. The van der Waals surface area contributed by atoms with E-state index >= 15 is 0 Å². The standard InChI is InChI=1S/C36H45N5O7S/c1-4-24-11-9-12-30(37-24)27-16-13-22(2)18-31(27)38-35(45)48-25-19-28-29(20-25)33(43)41(3)17-8-6-5-7-10-23-21-36(23,39-32(28)42)34(44)40-49(46,47)26-14-15-26/h7,9-13,16,18,23,25-26,28-29H,4-6,8,14-15,17,19-21H2,1-3H3,(H,38,45)(H,39,42)(H,40,44)/t23-,25-,28-,29-,36-/m1/s1. The van der Waals surface area contributed by atoms with E-state index in [4.69, 9.17) is 9.72 Å². The molecule has 6 rings (SSSR count). The molecule has 5 atom stereocenters. The number of sulfonamides is 1. The Morgan fingerprint density at radius 1 is 1.10 bits per heavy atom. The first-order valence-corrected chi connectivity index (χ1v) is 18.8. The van der Waals surface area contributed by atoms with Crippen LogP contribution in [0.25, 0.3) is 11.3 Å². The first-order valence-electron chi connectivity index (χ1n) is 17.2. The second kappa shape index (κ2) is 13.9. The number of nitrogens with one attached hydrogen (secondary N) is 3. The van der Waals surface area contributed by atoms with Gasteiger partial charge in [0, 0.05) is 30.8 Å². The molecule has 0 radical (unpaired) electrons. The highest BCUT2D eigenvalue weighted by Gasteiger charge is 2.62. The van der Waals surface area contributed by atoms with Crippen LogP contribution in [-0.2, 0) is 35.6 Å². The van der Waals surface area contributed by atoms with Crippen molar-refractivity contribution < 1.29 is 32.3 Å². The van der Waals surface area contributed by atoms with Gasteiger partial charge in [0.15, 0.2) is 0 Å². The summed E-state index contributed by atoms with van der Waals surface area (Å²) in [5.74, 6) is -3.57. The van der Waals surface area contributed by atoms with Crippen LogP contribution in [0.5, 0.6) is 0 Å². The van der Waals surface area contributed by atoms with Crippen LogP contribution in [0.1, 0.15) is 69.5 Å². The zero-order valence-corrected chi connectivity index (χ0v) is 29.1. The molecule has 3 saturated carbocycles. The van der Waals surface area contributed by atoms with E-state index < -0.39 is 56.7 Å². The first kappa shape index (κ1) is 34.6. The summed E-state index contributed by atoms with van der Waals surface area (Å²) in [5, 5.41) is 5.12. The third-order valence-electron chi connectivity index (χ3n) is 10.1. The molecule has 4 amide bonds. The monoisotopic (exact) mass is 691 g/mol. The predicted octanol–water partition coefficient (Wildman–Crippen LogP) is 4.24. The van der Waals surface area contributed by atoms with Crippen LogP contribution in [0.2, 0.25) is 0 Å². The molecule has 3 aliphatic carbocycles. The fourth-order valence-corrected chi connectivity index (χ4v) is 8.36. The van der Waals surface area contributed by atoms with Crippen LogP contribution >= 0.6 is 0 Å². The van der Waals surface area contributed by atoms with Gasteiger partial charge in [0.25, 0.3) is 5.91 Å². The van der Waals surface area contributed by atoms with Crippen molar-refractivity contribution in [1.29, 1.82) is 0 Å². The Bertz CT molecular complexity index is 1770. The number of carbonyl (C=O) groups excluding carboxylic acids is 4. The lowest BCUT2D eigenvalue weighted by atomic mass is 9.93. The van der Waals surface area contributed by atoms with Gasteiger partial charge in [-0.1, -0.05) is 37.3 Å². The summed E-state index contributed by atoms with van der Waals surface area (Å²) in [4.78, 5) is 60.9. The van der Waals surface area contributed by atoms with Gasteiger partial charge in [-0.05, 0) is 88.5 Å². The van der Waals surface area contributed by atoms with E-state index in [1.807, 2.05) is 62.4 Å². The number of allylic oxidation sites excluding steroid dienone is 1. The van der Waals surface area contributed by atoms with Gasteiger partial charge in [-0.3, -0.25) is 29.4 Å². The molecular formula is C36H45N5O7S. The fourth-order valence-electron chi connectivity index (χ4n) is 6.99. The molecule has 3 N–H and O–H groups in total. The average Bonchev–Trinajstić information content (AvgIpc) is 3.99. The summed E-state index contributed by atoms with van der Waals surface area (Å²) in [6.45, 7) is 4.45. The third kappa shape index (κ3) is 7.66. The summed E-state index contributed by atoms with van der Waals surface area (Å²) in [7, 11) is -2.14. The van der Waals surface area contributed by atoms with Crippen LogP contribution < -0.4 is 15.4 Å². The molecule has 2 aromatic rings. The summed E-state index contributed by atoms with van der Waals surface area (Å²) in [6, 6.07) is 11.4. The summed E-state index contributed by atoms with van der Waals surface area (Å²) < 4.78 is 33.4. The zero-order chi connectivity index (χ0) is 34.9. The molecule has 49 heavy (non-hydrogen) atoms. The van der Waals surface area contributed by atoms with E-state index in [1.54, 1.807) is 11.9 Å². The van der Waals surface area contributed by atoms with Crippen molar-refractivity contribution in [2.24, 2.45) is 17.8 Å². The van der Waals surface area contributed by atoms with Crippen molar-refractivity contribution in [3.05, 3.63) is 59.8 Å². The highest BCUT2D eigenvalue weighted by Crippen LogP contribution is 2.47. The third-order valence-corrected chi connectivity index (χ3v) is 11.9. The minimum absolute atomic E-state index is 0.0723. The molecule has 1 aromatic heterocycles. The normalized spacial score (nSPS) is 27.3. The summed E-state index contributed by atoms with van der Waals surface area (Å²) in [6.07, 6.45) is 6.87. The van der Waals surface area contributed by atoms with Crippen molar-refractivity contribution in [3.8, 4) is 11.3 Å². The van der Waals surface area contributed by atoms with Crippen molar-refractivity contribution in [2.75, 3.05) is 18.9 Å². The molecule has 0 saturated heterocycles. The predicted molar refractivity (Wildman–Crippen MR) is 184 cm³/mol. The van der Waals surface area contributed by atoms with E-state index in [0.717, 1.165) is 42.5 Å². The number of nitrogens with zero attached hydrogens (tertiary/aromatic N) is 2. The van der Waals surface area contributed by atoms with E-state index in [2.05, 4.69) is 15.4 Å². The Kier molecular flexibility index (Phi) is 9.83. The second-order valence-corrected chi connectivity index (χ2v) is 15.8. The Morgan fingerprint density at radius 3 is 2.63 bits per heavy atom. The lowest BCUT2D eigenvalue weighted by Gasteiger charge is -2.26. The minimum atomic E-state index is -3.84. The molecule has 12 nitrogen and oxygen atoms in total. The van der Waals surface area contributed by atoms with Gasteiger partial charge in [-0.15, -0.1) is 0 Å². The number of anilines is 1. The molecule has 262 valence electrons. The number of aromatic nitrogens is 1. The molecule has 13 heteroatoms. The minimum Gasteiger partial charge on any atom is -0.446 e. The van der Waals surface area contributed by atoms with Gasteiger partial charge in [0.1, 0.15) is 11.6 Å². The summed E-state index contributed by atoms with van der Waals surface area (Å²) in [5.41, 5.74) is 2.38. The maximum absolute atomic E-state index is 14.0. The average molecular weight is 692 g/mol. The molecule has 1 aliphatic heterocycles. The molecule has 1 aromatic carbocycles. The lowest BCUT2D eigenvalue weighted by Crippen LogP contribution is -2.54. The fraction of sp³-hybridized carbons (Fsp3) is 0.528. The number of benzene rings is 1. The van der Waals surface area contributed by atoms with Gasteiger partial charge in [-0.2, -0.15) is 0 Å². The van der Waals surface area contributed by atoms with Crippen LogP contribution in [-0.4, -0.2) is 72.6 Å². The van der Waals surface area contributed by atoms with Gasteiger partial charge in [-0.25, -0.2) is 13.2 Å². The van der Waals surface area contributed by atoms with Gasteiger partial charge >= 0.3 is 6.09 Å². The second-order valence-electron chi connectivity index (χ2n) is 13.9. The smallest absolute Gasteiger partial charge is 0.411 e. The molecule has 4 aliphatic rings. The van der Waals surface area contributed by atoms with E-state index in [1.165, 1.54) is 0 Å². The highest BCUT2D eigenvalue weighted by atomic mass is 32.2. The summed E-state index contributed by atoms with van der Waals surface area (Å²) >= 11 is 0. The topological polar surface area (TPSA) is 164 Å². The molecular weight excluding hydrogens is 646 g/mol. The molecule has 3 fully saturated rings. The number of rotatable bonds is 7. The maximum atomic E-state index is 14.0. The van der Waals surface area contributed by atoms with Gasteiger partial charge in [0.05, 0.1) is 28.5 Å². The number of pyridine rings is 1. The van der Waals surface area contributed by atoms with Crippen LogP contribution in [0.3, 0.4) is 0 Å². The van der Waals surface area contributed by atoms with Crippen LogP contribution in [0.4, 0.5) is 10.5 Å². The molecule has 2 heterocycles. The number of amides is 4. The molecule has 0 spiro atoms. The Balaban J connectivity index is 1.21. The number of ether oxygens (including phenoxy) is 1. The van der Waals surface area contributed by atoms with Crippen molar-refractivity contribution in [3.63, 3.8) is 0 Å². The zero-order valence-electron chi connectivity index (χ0n) is 28.2. The van der Waals surface area contributed by atoms with E-state index in [0.29, 0.717) is 30.8 Å². The highest BCUT2D eigenvalue weighted by molar-refractivity contribution is 7.91. The number of hydrogen-bond donors (Lipinski definition) is 3. The van der Waals surface area contributed by atoms with Crippen molar-refractivity contribution >= 4 is 39.5 Å². The Hall–Kier alpha value is -4.26.